The van der Waals surface area contributed by atoms with Gasteiger partial charge in [0, 0.05) is 10.1 Å². The Kier molecular flexibility index (Phi) is 12.1. The third-order valence-electron chi connectivity index (χ3n) is 1.83. The van der Waals surface area contributed by atoms with Gasteiger partial charge in [0.2, 0.25) is 0 Å². The summed E-state index contributed by atoms with van der Waals surface area (Å²) in [5.74, 6) is 0. The van der Waals surface area contributed by atoms with E-state index in [0.717, 1.165) is 11.6 Å². The van der Waals surface area contributed by atoms with Crippen LogP contribution in [-0.4, -0.2) is 19.2 Å². The van der Waals surface area contributed by atoms with Gasteiger partial charge in [-0.2, -0.15) is 0 Å². The molecule has 0 aliphatic carbocycles. The largest absolute Gasteiger partial charge is 0.444 e. The molecule has 1 N–H and O–H groups in total. The molecule has 0 aliphatic rings. The van der Waals surface area contributed by atoms with E-state index in [-0.39, 0.29) is 6.09 Å². The van der Waals surface area contributed by atoms with Crippen molar-refractivity contribution in [3.05, 3.63) is 5.17 Å². The first kappa shape index (κ1) is 17.2. The third-order valence-corrected chi connectivity index (χ3v) is 6.05. The molecule has 0 aromatic rings. The van der Waals surface area contributed by atoms with Gasteiger partial charge in [0.05, 0.1) is 1.59 Å². The molecule has 1 amide bonds. The molecular weight excluding hydrogens is 547 g/mol. The maximum absolute atomic E-state index is 11.2. The highest BCUT2D eigenvalue weighted by Crippen LogP contribution is 2.25. The molecule has 16 heavy (non-hydrogen) atoms. The number of ether oxygens (including phenoxy) is 1. The molecule has 0 spiro atoms. The monoisotopic (exact) mass is 563 g/mol. The van der Waals surface area contributed by atoms with Crippen molar-refractivity contribution < 1.29 is 9.53 Å². The van der Waals surface area contributed by atoms with Crippen molar-refractivity contribution in [2.24, 2.45) is 0 Å². The lowest BCUT2D eigenvalue weighted by atomic mass is 10.2. The van der Waals surface area contributed by atoms with Crippen LogP contribution in [0.2, 0.25) is 0 Å². The van der Waals surface area contributed by atoms with Crippen molar-refractivity contribution >= 4 is 73.9 Å². The van der Waals surface area contributed by atoms with Crippen LogP contribution in [0, 0.1) is 0 Å². The van der Waals surface area contributed by atoms with Crippen molar-refractivity contribution in [2.45, 2.75) is 32.6 Å². The van der Waals surface area contributed by atoms with Gasteiger partial charge in [-0.15, -0.1) is 0 Å². The fraction of sp³-hybridized carbons (Fsp3) is 0.700. The number of hydrogen-bond donors (Lipinski definition) is 1. The summed E-state index contributed by atoms with van der Waals surface area (Å²) in [5.41, 5.74) is 0. The molecule has 94 valence electrons. The van der Waals surface area contributed by atoms with Crippen LogP contribution in [0.15, 0.2) is 5.17 Å². The quantitative estimate of drug-likeness (QED) is 0.359. The van der Waals surface area contributed by atoms with E-state index in [2.05, 4.69) is 80.0 Å². The molecule has 0 aromatic heterocycles. The number of amides is 1. The topological polar surface area (TPSA) is 38.3 Å². The number of unbranched alkanes of at least 4 members (excludes halogenated alkanes) is 3. The van der Waals surface area contributed by atoms with Crippen LogP contribution in [0.25, 0.3) is 0 Å². The lowest BCUT2D eigenvalue weighted by molar-refractivity contribution is 0.158. The smallest absolute Gasteiger partial charge is 0.407 e. The highest BCUT2D eigenvalue weighted by atomic mass is 127. The molecule has 0 fully saturated rings. The molecule has 0 saturated carbocycles. The SMILES string of the molecule is CCCCCCNC(=O)OCC(I)=C(I)I. The Labute approximate surface area is 138 Å². The summed E-state index contributed by atoms with van der Waals surface area (Å²) in [6.07, 6.45) is 4.31. The van der Waals surface area contributed by atoms with E-state index >= 15 is 0 Å². The Morgan fingerprint density at radius 1 is 1.19 bits per heavy atom. The standard InChI is InChI=1S/C10H16I3NO2/c1-2-3-4-5-6-14-10(15)16-7-8(11)9(12)13/h2-7H2,1H3,(H,14,15). The van der Waals surface area contributed by atoms with E-state index < -0.39 is 0 Å². The Hall–Kier alpha value is 1.20. The Morgan fingerprint density at radius 3 is 2.44 bits per heavy atom. The predicted octanol–water partition coefficient (Wildman–Crippen LogP) is 4.77. The van der Waals surface area contributed by atoms with Gasteiger partial charge in [-0.25, -0.2) is 4.79 Å². The summed E-state index contributed by atoms with van der Waals surface area (Å²) in [6, 6.07) is 0. The molecule has 0 saturated heterocycles. The molecule has 0 heterocycles. The molecule has 0 aromatic carbocycles. The van der Waals surface area contributed by atoms with E-state index in [4.69, 9.17) is 4.74 Å². The number of hydrogen-bond acceptors (Lipinski definition) is 2. The summed E-state index contributed by atoms with van der Waals surface area (Å²) in [4.78, 5) is 11.2. The van der Waals surface area contributed by atoms with E-state index in [0.29, 0.717) is 13.2 Å². The van der Waals surface area contributed by atoms with Crippen LogP contribution >= 0.6 is 67.8 Å². The lowest BCUT2D eigenvalue weighted by Gasteiger charge is -2.06. The number of halogens is 3. The van der Waals surface area contributed by atoms with Crippen molar-refractivity contribution in [3.8, 4) is 0 Å². The Bertz CT molecular complexity index is 240. The van der Waals surface area contributed by atoms with Gasteiger partial charge < -0.3 is 10.1 Å². The van der Waals surface area contributed by atoms with Crippen molar-refractivity contribution in [1.82, 2.24) is 5.32 Å². The number of nitrogens with one attached hydrogen (secondary N) is 1. The average Bonchev–Trinajstić information content (AvgIpc) is 2.25. The van der Waals surface area contributed by atoms with Gasteiger partial charge in [-0.3, -0.25) is 0 Å². The first-order chi connectivity index (χ1) is 7.57. The second-order valence-electron chi connectivity index (χ2n) is 3.23. The highest BCUT2D eigenvalue weighted by Gasteiger charge is 2.03. The number of alkyl carbamates (subject to hydrolysis) is 1. The molecule has 0 rings (SSSR count). The van der Waals surface area contributed by atoms with E-state index in [1.54, 1.807) is 0 Å². The minimum Gasteiger partial charge on any atom is -0.444 e. The minimum atomic E-state index is -0.320. The van der Waals surface area contributed by atoms with E-state index in [9.17, 15) is 4.79 Å². The van der Waals surface area contributed by atoms with Crippen LogP contribution in [0.4, 0.5) is 4.79 Å². The maximum Gasteiger partial charge on any atom is 0.407 e. The third kappa shape index (κ3) is 10.4. The minimum absolute atomic E-state index is 0.320. The number of carbonyl (C=O) groups is 1. The molecule has 0 unspecified atom stereocenters. The number of rotatable bonds is 7. The van der Waals surface area contributed by atoms with E-state index in [1.165, 1.54) is 19.3 Å². The molecule has 6 heteroatoms. The molecule has 3 nitrogen and oxygen atoms in total. The van der Waals surface area contributed by atoms with Crippen LogP contribution < -0.4 is 5.32 Å². The van der Waals surface area contributed by atoms with Crippen molar-refractivity contribution in [2.75, 3.05) is 13.2 Å². The molecule has 0 atom stereocenters. The molecule has 0 radical (unpaired) electrons. The summed E-state index contributed by atoms with van der Waals surface area (Å²) in [5, 5.41) is 2.74. The van der Waals surface area contributed by atoms with Gasteiger partial charge in [-0.1, -0.05) is 26.2 Å². The average molecular weight is 563 g/mol. The Balaban J connectivity index is 3.49. The second-order valence-corrected chi connectivity index (χ2v) is 8.75. The van der Waals surface area contributed by atoms with Crippen LogP contribution in [0.3, 0.4) is 0 Å². The summed E-state index contributed by atoms with van der Waals surface area (Å²) >= 11 is 6.59. The van der Waals surface area contributed by atoms with Crippen molar-refractivity contribution in [3.63, 3.8) is 0 Å². The second kappa shape index (κ2) is 11.3. The van der Waals surface area contributed by atoms with Crippen molar-refractivity contribution in [1.29, 1.82) is 0 Å². The van der Waals surface area contributed by atoms with Gasteiger partial charge >= 0.3 is 6.09 Å². The molecular formula is C10H16I3NO2. The van der Waals surface area contributed by atoms with Gasteiger partial charge in [-0.05, 0) is 74.2 Å². The fourth-order valence-electron chi connectivity index (χ4n) is 0.977. The predicted molar refractivity (Wildman–Crippen MR) is 92.6 cm³/mol. The van der Waals surface area contributed by atoms with Crippen LogP contribution in [0.5, 0.6) is 0 Å². The zero-order valence-corrected chi connectivity index (χ0v) is 15.7. The van der Waals surface area contributed by atoms with Gasteiger partial charge in [0.25, 0.3) is 0 Å². The van der Waals surface area contributed by atoms with Gasteiger partial charge in [0.15, 0.2) is 0 Å². The summed E-state index contributed by atoms with van der Waals surface area (Å²) in [6.45, 7) is 3.24. The van der Waals surface area contributed by atoms with Gasteiger partial charge in [0.1, 0.15) is 6.61 Å². The zero-order valence-electron chi connectivity index (χ0n) is 9.19. The molecule has 0 bridgehead atoms. The maximum atomic E-state index is 11.2. The fourth-order valence-corrected chi connectivity index (χ4v) is 1.44. The zero-order chi connectivity index (χ0) is 12.4. The highest BCUT2D eigenvalue weighted by molar-refractivity contribution is 14.2. The lowest BCUT2D eigenvalue weighted by Crippen LogP contribution is -2.25. The first-order valence-electron chi connectivity index (χ1n) is 5.18. The normalized spacial score (nSPS) is 9.75. The summed E-state index contributed by atoms with van der Waals surface area (Å²) in [7, 11) is 0. The van der Waals surface area contributed by atoms with E-state index in [1.807, 2.05) is 0 Å². The van der Waals surface area contributed by atoms with Crippen LogP contribution in [-0.2, 0) is 4.74 Å². The Morgan fingerprint density at radius 2 is 1.88 bits per heavy atom. The van der Waals surface area contributed by atoms with Crippen LogP contribution in [0.1, 0.15) is 32.6 Å². The number of carbonyl (C=O) groups excluding carboxylic acids is 1. The molecule has 0 aliphatic heterocycles. The summed E-state index contributed by atoms with van der Waals surface area (Å²) < 4.78 is 7.23. The first-order valence-corrected chi connectivity index (χ1v) is 8.41.